The summed E-state index contributed by atoms with van der Waals surface area (Å²) in [5.74, 6) is 0. The molecule has 22 heavy (non-hydrogen) atoms. The molecule has 0 saturated carbocycles. The van der Waals surface area contributed by atoms with Gasteiger partial charge < -0.3 is 5.43 Å². The van der Waals surface area contributed by atoms with E-state index in [2.05, 4.69) is 36.0 Å². The Hall–Kier alpha value is -0.700. The lowest BCUT2D eigenvalue weighted by Crippen LogP contribution is -2.42. The lowest BCUT2D eigenvalue weighted by Gasteiger charge is -2.26. The van der Waals surface area contributed by atoms with Crippen LogP contribution in [0.5, 0.6) is 0 Å². The standard InChI is InChI=1S/C19H39N3/c1-3-5-6-7-8-9-10-11-12-13-14-15-16-19(4-2)22-18-17-20-21-22/h17-21H,3-16H2,1-2H3. The van der Waals surface area contributed by atoms with Crippen LogP contribution in [0.4, 0.5) is 0 Å². The average Bonchev–Trinajstić information content (AvgIpc) is 3.06. The fraction of sp³-hybridized carbons (Fsp3) is 0.895. The number of nitrogens with zero attached hydrogens (tertiary/aromatic N) is 1. The normalized spacial score (nSPS) is 15.3. The molecule has 0 radical (unpaired) electrons. The lowest BCUT2D eigenvalue weighted by molar-refractivity contribution is 0.179. The van der Waals surface area contributed by atoms with Crippen molar-refractivity contribution in [1.29, 1.82) is 0 Å². The van der Waals surface area contributed by atoms with Crippen LogP contribution in [0.2, 0.25) is 0 Å². The van der Waals surface area contributed by atoms with Crippen molar-refractivity contribution in [3.05, 3.63) is 12.4 Å². The third-order valence-electron chi connectivity index (χ3n) is 4.77. The Balaban J connectivity index is 1.82. The van der Waals surface area contributed by atoms with Crippen LogP contribution in [0.1, 0.15) is 104 Å². The van der Waals surface area contributed by atoms with Crippen LogP contribution in [0.25, 0.3) is 0 Å². The maximum absolute atomic E-state index is 3.17. The minimum atomic E-state index is 0.634. The molecule has 0 fully saturated rings. The smallest absolute Gasteiger partial charge is 0.0463 e. The Morgan fingerprint density at radius 1 is 0.773 bits per heavy atom. The maximum atomic E-state index is 3.17. The molecule has 2 N–H and O–H groups in total. The zero-order chi connectivity index (χ0) is 15.9. The highest BCUT2D eigenvalue weighted by Crippen LogP contribution is 2.16. The summed E-state index contributed by atoms with van der Waals surface area (Å²) in [4.78, 5) is 0. The highest BCUT2D eigenvalue weighted by molar-refractivity contribution is 4.86. The quantitative estimate of drug-likeness (QED) is 0.383. The predicted molar refractivity (Wildman–Crippen MR) is 97.0 cm³/mol. The van der Waals surface area contributed by atoms with E-state index < -0.39 is 0 Å². The molecule has 1 unspecified atom stereocenters. The zero-order valence-electron chi connectivity index (χ0n) is 15.1. The third-order valence-corrected chi connectivity index (χ3v) is 4.77. The largest absolute Gasteiger partial charge is 0.310 e. The van der Waals surface area contributed by atoms with Crippen molar-refractivity contribution in [2.24, 2.45) is 0 Å². The van der Waals surface area contributed by atoms with Gasteiger partial charge in [0.25, 0.3) is 0 Å². The summed E-state index contributed by atoms with van der Waals surface area (Å²) < 4.78 is 0. The highest BCUT2D eigenvalue weighted by Gasteiger charge is 2.14. The first-order valence-electron chi connectivity index (χ1n) is 9.84. The van der Waals surface area contributed by atoms with Crippen molar-refractivity contribution in [1.82, 2.24) is 16.0 Å². The van der Waals surface area contributed by atoms with E-state index in [-0.39, 0.29) is 0 Å². The van der Waals surface area contributed by atoms with Crippen LogP contribution < -0.4 is 11.0 Å². The minimum Gasteiger partial charge on any atom is -0.310 e. The summed E-state index contributed by atoms with van der Waals surface area (Å²) >= 11 is 0. The molecule has 0 aliphatic carbocycles. The summed E-state index contributed by atoms with van der Waals surface area (Å²) in [6, 6.07) is 0.634. The first kappa shape index (κ1) is 19.3. The molecule has 0 spiro atoms. The van der Waals surface area contributed by atoms with Gasteiger partial charge in [-0.3, -0.25) is 5.01 Å². The Kier molecular flexibility index (Phi) is 12.2. The first-order chi connectivity index (χ1) is 10.9. The van der Waals surface area contributed by atoms with Gasteiger partial charge in [-0.2, -0.15) is 0 Å². The molecule has 1 atom stereocenters. The number of hydrogen-bond donors (Lipinski definition) is 2. The number of hydrazine groups is 2. The van der Waals surface area contributed by atoms with E-state index >= 15 is 0 Å². The van der Waals surface area contributed by atoms with Gasteiger partial charge in [-0.25, -0.2) is 0 Å². The van der Waals surface area contributed by atoms with E-state index in [0.29, 0.717) is 6.04 Å². The molecule has 0 aromatic heterocycles. The van der Waals surface area contributed by atoms with Gasteiger partial charge in [0.15, 0.2) is 0 Å². The second-order valence-electron chi connectivity index (χ2n) is 6.72. The number of rotatable bonds is 15. The second-order valence-corrected chi connectivity index (χ2v) is 6.72. The zero-order valence-corrected chi connectivity index (χ0v) is 15.1. The van der Waals surface area contributed by atoms with Crippen molar-refractivity contribution in [2.75, 3.05) is 0 Å². The number of hydrogen-bond acceptors (Lipinski definition) is 3. The van der Waals surface area contributed by atoms with Crippen molar-refractivity contribution in [2.45, 2.75) is 110 Å². The summed E-state index contributed by atoms with van der Waals surface area (Å²) in [5, 5.41) is 2.21. The summed E-state index contributed by atoms with van der Waals surface area (Å²) in [5.41, 5.74) is 6.20. The third kappa shape index (κ3) is 9.34. The summed E-state index contributed by atoms with van der Waals surface area (Å²) in [6.45, 7) is 4.57. The second kappa shape index (κ2) is 13.9. The van der Waals surface area contributed by atoms with Crippen LogP contribution in [-0.2, 0) is 0 Å². The number of nitrogens with one attached hydrogen (secondary N) is 2. The van der Waals surface area contributed by atoms with Gasteiger partial charge >= 0.3 is 0 Å². The molecule has 3 nitrogen and oxygen atoms in total. The van der Waals surface area contributed by atoms with Gasteiger partial charge in [0, 0.05) is 18.4 Å². The molecule has 0 aromatic carbocycles. The fourth-order valence-corrected chi connectivity index (χ4v) is 3.24. The van der Waals surface area contributed by atoms with E-state index in [1.54, 1.807) is 0 Å². The highest BCUT2D eigenvalue weighted by atomic mass is 15.7. The molecule has 1 aliphatic heterocycles. The van der Waals surface area contributed by atoms with Crippen molar-refractivity contribution < 1.29 is 0 Å². The van der Waals surface area contributed by atoms with Gasteiger partial charge in [-0.05, 0) is 12.8 Å². The first-order valence-corrected chi connectivity index (χ1v) is 9.84. The molecule has 0 aromatic rings. The van der Waals surface area contributed by atoms with Crippen LogP contribution in [0.15, 0.2) is 12.4 Å². The molecular formula is C19H39N3. The van der Waals surface area contributed by atoms with E-state index in [0.717, 1.165) is 0 Å². The van der Waals surface area contributed by atoms with Gasteiger partial charge in [0.1, 0.15) is 0 Å². The van der Waals surface area contributed by atoms with E-state index in [9.17, 15) is 0 Å². The van der Waals surface area contributed by atoms with Gasteiger partial charge in [0.05, 0.1) is 0 Å². The van der Waals surface area contributed by atoms with Crippen molar-refractivity contribution >= 4 is 0 Å². The maximum Gasteiger partial charge on any atom is 0.0463 e. The average molecular weight is 310 g/mol. The molecule has 1 heterocycles. The van der Waals surface area contributed by atoms with Crippen LogP contribution in [-0.4, -0.2) is 11.1 Å². The monoisotopic (exact) mass is 309 g/mol. The van der Waals surface area contributed by atoms with Crippen molar-refractivity contribution in [3.63, 3.8) is 0 Å². The lowest BCUT2D eigenvalue weighted by atomic mass is 10.0. The van der Waals surface area contributed by atoms with E-state index in [4.69, 9.17) is 0 Å². The van der Waals surface area contributed by atoms with Crippen LogP contribution in [0.3, 0.4) is 0 Å². The topological polar surface area (TPSA) is 27.3 Å². The molecule has 130 valence electrons. The molecule has 1 rings (SSSR count). The fourth-order valence-electron chi connectivity index (χ4n) is 3.24. The van der Waals surface area contributed by atoms with E-state index in [1.165, 1.54) is 89.9 Å². The molecule has 0 amide bonds. The van der Waals surface area contributed by atoms with E-state index in [1.807, 2.05) is 6.20 Å². The molecule has 0 saturated heterocycles. The van der Waals surface area contributed by atoms with Crippen molar-refractivity contribution in [3.8, 4) is 0 Å². The number of unbranched alkanes of at least 4 members (excludes halogenated alkanes) is 11. The molecule has 1 aliphatic rings. The Morgan fingerprint density at radius 2 is 1.32 bits per heavy atom. The summed E-state index contributed by atoms with van der Waals surface area (Å²) in [7, 11) is 0. The van der Waals surface area contributed by atoms with Gasteiger partial charge in [-0.15, -0.1) is 5.53 Å². The van der Waals surface area contributed by atoms with Gasteiger partial charge in [0.2, 0.25) is 0 Å². The Labute approximate surface area is 138 Å². The molecule has 0 bridgehead atoms. The Morgan fingerprint density at radius 3 is 1.77 bits per heavy atom. The van der Waals surface area contributed by atoms with Gasteiger partial charge in [-0.1, -0.05) is 90.9 Å². The Bertz CT molecular complexity index is 265. The van der Waals surface area contributed by atoms with Crippen LogP contribution >= 0.6 is 0 Å². The van der Waals surface area contributed by atoms with Crippen LogP contribution in [0, 0.1) is 0 Å². The SMILES string of the molecule is CCCCCCCCCCCCCCC(CC)N1C=CNN1. The molecular weight excluding hydrogens is 270 g/mol. The minimum absolute atomic E-state index is 0.634. The molecule has 3 heteroatoms. The summed E-state index contributed by atoms with van der Waals surface area (Å²) in [6.07, 6.45) is 23.7. The predicted octanol–water partition coefficient (Wildman–Crippen LogP) is 5.65.